The molecule has 0 aliphatic heterocycles. The van der Waals surface area contributed by atoms with Crippen LogP contribution in [-0.2, 0) is 22.6 Å². The van der Waals surface area contributed by atoms with Crippen molar-refractivity contribution >= 4 is 28.7 Å². The van der Waals surface area contributed by atoms with Crippen LogP contribution in [0.5, 0.6) is 0 Å². The number of carbonyl (C=O) groups is 3. The third kappa shape index (κ3) is 6.91. The molecule has 0 aliphatic rings. The minimum Gasteiger partial charge on any atom is -0.459 e. The molecule has 3 aromatic rings. The van der Waals surface area contributed by atoms with Gasteiger partial charge in [-0.3, -0.25) is 14.3 Å². The molecule has 2 N–H and O–H groups in total. The van der Waals surface area contributed by atoms with Crippen molar-refractivity contribution in [1.82, 2.24) is 30.6 Å². The second-order valence-electron chi connectivity index (χ2n) is 9.43. The number of nitrogens with one attached hydrogen (secondary N) is 2. The molecule has 12 heteroatoms. The van der Waals surface area contributed by atoms with Crippen LogP contribution in [0.25, 0.3) is 10.9 Å². The Morgan fingerprint density at radius 1 is 1.22 bits per heavy atom. The Balaban J connectivity index is 1.73. The minimum atomic E-state index is -0.907. The molecule has 0 aliphatic carbocycles. The van der Waals surface area contributed by atoms with Crippen molar-refractivity contribution in [1.29, 1.82) is 5.26 Å². The van der Waals surface area contributed by atoms with E-state index < -0.39 is 29.2 Å². The van der Waals surface area contributed by atoms with Gasteiger partial charge < -0.3 is 19.9 Å². The van der Waals surface area contributed by atoms with Crippen LogP contribution < -0.4 is 10.6 Å². The lowest BCUT2D eigenvalue weighted by Crippen LogP contribution is -2.53. The molecule has 3 rings (SSSR count). The molecule has 2 heterocycles. The number of benzene rings is 1. The summed E-state index contributed by atoms with van der Waals surface area (Å²) in [6, 6.07) is 8.61. The number of nitriles is 1. The van der Waals surface area contributed by atoms with Gasteiger partial charge in [-0.1, -0.05) is 44.1 Å². The van der Waals surface area contributed by atoms with E-state index >= 15 is 0 Å². The number of aryl methyl sites for hydroxylation is 1. The molecule has 196 valence electrons. The molecule has 1 atom stereocenters. The lowest BCUT2D eigenvalue weighted by molar-refractivity contribution is -0.125. The van der Waals surface area contributed by atoms with Crippen molar-refractivity contribution in [3.05, 3.63) is 41.7 Å². The molecular formula is C25H31N7O5. The summed E-state index contributed by atoms with van der Waals surface area (Å²) < 4.78 is 11.4. The van der Waals surface area contributed by atoms with Crippen LogP contribution in [0.1, 0.15) is 74.0 Å². The number of carbonyl (C=O) groups excluding carboxylic acids is 3. The molecule has 1 aromatic carbocycles. The van der Waals surface area contributed by atoms with E-state index in [1.807, 2.05) is 45.0 Å². The van der Waals surface area contributed by atoms with E-state index in [2.05, 4.69) is 31.9 Å². The maximum Gasteiger partial charge on any atom is 0.397 e. The number of fused-ring (bicyclic) bond motifs is 1. The van der Waals surface area contributed by atoms with Crippen LogP contribution in [0.3, 0.4) is 0 Å². The highest BCUT2D eigenvalue weighted by molar-refractivity contribution is 6.06. The van der Waals surface area contributed by atoms with Gasteiger partial charge in [-0.15, -0.1) is 0 Å². The van der Waals surface area contributed by atoms with Gasteiger partial charge in [-0.2, -0.15) is 15.3 Å². The Hall–Kier alpha value is -4.27. The predicted molar refractivity (Wildman–Crippen MR) is 132 cm³/mol. The van der Waals surface area contributed by atoms with E-state index in [-0.39, 0.29) is 30.6 Å². The van der Waals surface area contributed by atoms with Gasteiger partial charge >= 0.3 is 11.9 Å². The van der Waals surface area contributed by atoms with E-state index in [1.54, 1.807) is 11.6 Å². The zero-order valence-corrected chi connectivity index (χ0v) is 21.4. The Morgan fingerprint density at radius 2 is 1.97 bits per heavy atom. The Bertz CT molecular complexity index is 1300. The highest BCUT2D eigenvalue weighted by Crippen LogP contribution is 2.23. The highest BCUT2D eigenvalue weighted by Gasteiger charge is 2.34. The smallest absolute Gasteiger partial charge is 0.397 e. The van der Waals surface area contributed by atoms with Gasteiger partial charge in [-0.05, 0) is 31.2 Å². The number of nitrogens with zero attached hydrogens (tertiary/aromatic N) is 5. The fourth-order valence-corrected chi connectivity index (χ4v) is 3.68. The molecule has 0 radical (unpaired) electrons. The van der Waals surface area contributed by atoms with Gasteiger partial charge in [0.2, 0.25) is 5.91 Å². The predicted octanol–water partition coefficient (Wildman–Crippen LogP) is 2.75. The Labute approximate surface area is 214 Å². The van der Waals surface area contributed by atoms with Crippen molar-refractivity contribution in [2.75, 3.05) is 6.61 Å². The number of ether oxygens (including phenoxy) is 1. The fraction of sp³-hybridized carbons (Fsp3) is 0.480. The third-order valence-corrected chi connectivity index (χ3v) is 5.52. The first-order valence-electron chi connectivity index (χ1n) is 12.1. The molecule has 0 spiro atoms. The van der Waals surface area contributed by atoms with Gasteiger partial charge in [0.05, 0.1) is 24.7 Å². The number of para-hydroxylation sites is 1. The first kappa shape index (κ1) is 27.3. The first-order valence-corrected chi connectivity index (χ1v) is 12.1. The van der Waals surface area contributed by atoms with Crippen molar-refractivity contribution in [2.45, 2.75) is 66.1 Å². The molecule has 0 bridgehead atoms. The van der Waals surface area contributed by atoms with Crippen molar-refractivity contribution < 1.29 is 23.6 Å². The van der Waals surface area contributed by atoms with Crippen molar-refractivity contribution in [2.24, 2.45) is 5.41 Å². The zero-order valence-electron chi connectivity index (χ0n) is 21.4. The number of amides is 2. The van der Waals surface area contributed by atoms with Gasteiger partial charge in [0.25, 0.3) is 5.91 Å². The second kappa shape index (κ2) is 12.1. The van der Waals surface area contributed by atoms with Crippen LogP contribution >= 0.6 is 0 Å². The number of unbranched alkanes of at least 4 members (excludes halogenated alkanes) is 2. The van der Waals surface area contributed by atoms with Crippen LogP contribution in [-0.4, -0.2) is 50.4 Å². The highest BCUT2D eigenvalue weighted by atomic mass is 16.6. The summed E-state index contributed by atoms with van der Waals surface area (Å²) >= 11 is 0. The minimum absolute atomic E-state index is 0.0940. The van der Waals surface area contributed by atoms with Crippen molar-refractivity contribution in [3.8, 4) is 6.07 Å². The van der Waals surface area contributed by atoms with E-state index in [1.165, 1.54) is 0 Å². The maximum atomic E-state index is 13.3. The van der Waals surface area contributed by atoms with Gasteiger partial charge in [0.1, 0.15) is 6.04 Å². The summed E-state index contributed by atoms with van der Waals surface area (Å²) in [4.78, 5) is 42.0. The lowest BCUT2D eigenvalue weighted by atomic mass is 9.86. The van der Waals surface area contributed by atoms with Gasteiger partial charge in [0.15, 0.2) is 11.5 Å². The Kier molecular flexibility index (Phi) is 8.95. The summed E-state index contributed by atoms with van der Waals surface area (Å²) in [5.74, 6) is -1.89. The number of esters is 1. The third-order valence-electron chi connectivity index (χ3n) is 5.52. The summed E-state index contributed by atoms with van der Waals surface area (Å²) in [6.45, 7) is 7.76. The summed E-state index contributed by atoms with van der Waals surface area (Å²) in [6.07, 6.45) is 1.95. The maximum absolute atomic E-state index is 13.3. The second-order valence-corrected chi connectivity index (χ2v) is 9.43. The lowest BCUT2D eigenvalue weighted by Gasteiger charge is -2.30. The van der Waals surface area contributed by atoms with Crippen LogP contribution in [0.2, 0.25) is 0 Å². The average molecular weight is 510 g/mol. The largest absolute Gasteiger partial charge is 0.459 e. The molecule has 0 saturated heterocycles. The molecular weight excluding hydrogens is 478 g/mol. The van der Waals surface area contributed by atoms with E-state index in [9.17, 15) is 14.4 Å². The van der Waals surface area contributed by atoms with Crippen molar-refractivity contribution in [3.63, 3.8) is 0 Å². The normalized spacial score (nSPS) is 12.1. The molecule has 0 saturated carbocycles. The van der Waals surface area contributed by atoms with Crippen LogP contribution in [0.15, 0.2) is 28.8 Å². The number of hydrogen-bond acceptors (Lipinski definition) is 9. The monoisotopic (exact) mass is 509 g/mol. The fourth-order valence-electron chi connectivity index (χ4n) is 3.68. The topological polar surface area (TPSA) is 165 Å². The summed E-state index contributed by atoms with van der Waals surface area (Å²) in [5, 5.41) is 23.1. The number of rotatable bonds is 11. The molecule has 2 amide bonds. The summed E-state index contributed by atoms with van der Waals surface area (Å²) in [7, 11) is 0. The Morgan fingerprint density at radius 3 is 2.68 bits per heavy atom. The number of hydrogen-bond donors (Lipinski definition) is 2. The molecule has 37 heavy (non-hydrogen) atoms. The average Bonchev–Trinajstić information content (AvgIpc) is 3.48. The number of aromatic nitrogens is 4. The molecule has 0 fully saturated rings. The first-order chi connectivity index (χ1) is 17.7. The van der Waals surface area contributed by atoms with Gasteiger partial charge in [-0.25, -0.2) is 4.79 Å². The van der Waals surface area contributed by atoms with E-state index in [0.717, 1.165) is 18.4 Å². The van der Waals surface area contributed by atoms with E-state index in [4.69, 9.17) is 14.5 Å². The molecule has 12 nitrogen and oxygen atoms in total. The molecule has 0 unspecified atom stereocenters. The standard InChI is InChI=1S/C25H31N7O5/c1-5-36-24(35)23-28-18(31-37-23)15-27-22(34)20(25(2,3)4)29-21(33)19-16-11-7-8-12-17(16)32(30-19)14-10-6-9-13-26/h7-8,11-12,20H,5-6,9-10,14-15H2,1-4H3,(H,27,34)(H,29,33)/t20-/m1/s1. The van der Waals surface area contributed by atoms with E-state index in [0.29, 0.717) is 18.4 Å². The summed E-state index contributed by atoms with van der Waals surface area (Å²) in [5.41, 5.74) is 0.383. The zero-order chi connectivity index (χ0) is 27.0. The van der Waals surface area contributed by atoms with Crippen LogP contribution in [0, 0.1) is 16.7 Å². The van der Waals surface area contributed by atoms with Gasteiger partial charge in [0, 0.05) is 18.4 Å². The quantitative estimate of drug-likeness (QED) is 0.292. The van der Waals surface area contributed by atoms with Crippen LogP contribution in [0.4, 0.5) is 0 Å². The molecule has 2 aromatic heterocycles. The SMILES string of the molecule is CCOC(=O)c1nc(CNC(=O)[C@@H](NC(=O)c2nn(CCCCC#N)c3ccccc23)C(C)(C)C)no1.